The first-order valence-corrected chi connectivity index (χ1v) is 8.81. The van der Waals surface area contributed by atoms with E-state index in [1.807, 2.05) is 73.9 Å². The summed E-state index contributed by atoms with van der Waals surface area (Å²) in [7, 11) is 1.66. The Labute approximate surface area is 158 Å². The molecule has 0 N–H and O–H groups in total. The zero-order valence-corrected chi connectivity index (χ0v) is 15.3. The van der Waals surface area contributed by atoms with Gasteiger partial charge in [0, 0.05) is 35.0 Å². The highest BCUT2D eigenvalue weighted by atomic mass is 16.5. The van der Waals surface area contributed by atoms with E-state index in [9.17, 15) is 0 Å². The molecule has 0 amide bonds. The normalized spacial score (nSPS) is 10.7. The van der Waals surface area contributed by atoms with Gasteiger partial charge in [0.2, 0.25) is 5.88 Å². The molecule has 0 bridgehead atoms. The van der Waals surface area contributed by atoms with Crippen LogP contribution in [0, 0.1) is 6.92 Å². The molecule has 0 atom stereocenters. The van der Waals surface area contributed by atoms with Gasteiger partial charge < -0.3 is 9.47 Å². The SMILES string of the molecule is COc1ccc2c(-c3cnc(OCc4ccccc4)c(C)c3)ccnc2c1. The number of ether oxygens (including phenoxy) is 2. The Morgan fingerprint density at radius 2 is 1.78 bits per heavy atom. The second-order valence-electron chi connectivity index (χ2n) is 6.36. The smallest absolute Gasteiger partial charge is 0.216 e. The summed E-state index contributed by atoms with van der Waals surface area (Å²) in [6.45, 7) is 2.52. The monoisotopic (exact) mass is 356 g/mol. The Balaban J connectivity index is 1.63. The Kier molecular flexibility index (Phi) is 4.71. The molecule has 27 heavy (non-hydrogen) atoms. The maximum atomic E-state index is 5.89. The van der Waals surface area contributed by atoms with Crippen LogP contribution < -0.4 is 9.47 Å². The Morgan fingerprint density at radius 3 is 2.56 bits per heavy atom. The van der Waals surface area contributed by atoms with Crippen molar-refractivity contribution in [2.24, 2.45) is 0 Å². The number of aryl methyl sites for hydroxylation is 1. The summed E-state index contributed by atoms with van der Waals surface area (Å²) in [6, 6.07) is 20.1. The standard InChI is InChI=1S/C23H20N2O2/c1-16-12-18(14-25-23(16)27-15-17-6-4-3-5-7-17)20-10-11-24-22-13-19(26-2)8-9-21(20)22/h3-14H,15H2,1-2H3. The van der Waals surface area contributed by atoms with E-state index < -0.39 is 0 Å². The van der Waals surface area contributed by atoms with Crippen molar-refractivity contribution in [2.45, 2.75) is 13.5 Å². The molecule has 4 nitrogen and oxygen atoms in total. The Hall–Kier alpha value is -3.40. The number of pyridine rings is 2. The van der Waals surface area contributed by atoms with Crippen LogP contribution in [0.5, 0.6) is 11.6 Å². The molecule has 0 aliphatic carbocycles. The lowest BCUT2D eigenvalue weighted by Gasteiger charge is -2.11. The molecular weight excluding hydrogens is 336 g/mol. The summed E-state index contributed by atoms with van der Waals surface area (Å²) in [6.07, 6.45) is 3.67. The first-order valence-electron chi connectivity index (χ1n) is 8.81. The summed E-state index contributed by atoms with van der Waals surface area (Å²) >= 11 is 0. The third-order valence-corrected chi connectivity index (χ3v) is 4.51. The van der Waals surface area contributed by atoms with Crippen molar-refractivity contribution in [3.8, 4) is 22.8 Å². The molecule has 2 aromatic carbocycles. The minimum absolute atomic E-state index is 0.506. The van der Waals surface area contributed by atoms with Crippen molar-refractivity contribution < 1.29 is 9.47 Å². The third kappa shape index (κ3) is 3.60. The highest BCUT2D eigenvalue weighted by Gasteiger charge is 2.09. The molecule has 4 rings (SSSR count). The fourth-order valence-corrected chi connectivity index (χ4v) is 3.09. The van der Waals surface area contributed by atoms with E-state index in [1.165, 1.54) is 0 Å². The molecule has 0 unspecified atom stereocenters. The number of rotatable bonds is 5. The van der Waals surface area contributed by atoms with Crippen molar-refractivity contribution in [1.82, 2.24) is 9.97 Å². The van der Waals surface area contributed by atoms with Gasteiger partial charge in [-0.2, -0.15) is 0 Å². The van der Waals surface area contributed by atoms with Gasteiger partial charge in [-0.1, -0.05) is 30.3 Å². The Bertz CT molecular complexity index is 1080. The minimum atomic E-state index is 0.506. The van der Waals surface area contributed by atoms with E-state index in [1.54, 1.807) is 7.11 Å². The number of hydrogen-bond donors (Lipinski definition) is 0. The van der Waals surface area contributed by atoms with Gasteiger partial charge in [0.1, 0.15) is 12.4 Å². The average molecular weight is 356 g/mol. The van der Waals surface area contributed by atoms with Crippen molar-refractivity contribution in [1.29, 1.82) is 0 Å². The van der Waals surface area contributed by atoms with Crippen LogP contribution in [-0.4, -0.2) is 17.1 Å². The molecule has 4 heteroatoms. The molecule has 0 aliphatic rings. The summed E-state index contributed by atoms with van der Waals surface area (Å²) in [4.78, 5) is 9.00. The third-order valence-electron chi connectivity index (χ3n) is 4.51. The van der Waals surface area contributed by atoms with Crippen LogP contribution in [0.25, 0.3) is 22.0 Å². The van der Waals surface area contributed by atoms with Gasteiger partial charge in [0.25, 0.3) is 0 Å². The van der Waals surface area contributed by atoms with Gasteiger partial charge in [-0.3, -0.25) is 4.98 Å². The molecule has 0 radical (unpaired) electrons. The summed E-state index contributed by atoms with van der Waals surface area (Å²) in [5, 5.41) is 1.07. The topological polar surface area (TPSA) is 44.2 Å². The number of fused-ring (bicyclic) bond motifs is 1. The van der Waals surface area contributed by atoms with Crippen molar-refractivity contribution in [3.05, 3.63) is 84.2 Å². The number of nitrogens with zero attached hydrogens (tertiary/aromatic N) is 2. The largest absolute Gasteiger partial charge is 0.497 e. The van der Waals surface area contributed by atoms with Gasteiger partial charge in [0.15, 0.2) is 0 Å². The first kappa shape index (κ1) is 17.0. The molecule has 134 valence electrons. The summed E-state index contributed by atoms with van der Waals surface area (Å²) in [5.41, 5.74) is 5.15. The van der Waals surface area contributed by atoms with Crippen LogP contribution in [-0.2, 0) is 6.61 Å². The van der Waals surface area contributed by atoms with Gasteiger partial charge in [-0.05, 0) is 42.3 Å². The van der Waals surface area contributed by atoms with Gasteiger partial charge in [0.05, 0.1) is 12.6 Å². The van der Waals surface area contributed by atoms with Gasteiger partial charge in [-0.15, -0.1) is 0 Å². The summed E-state index contributed by atoms with van der Waals surface area (Å²) in [5.74, 6) is 1.45. The molecule has 2 aromatic heterocycles. The van der Waals surface area contributed by atoms with E-state index in [-0.39, 0.29) is 0 Å². The molecule has 2 heterocycles. The lowest BCUT2D eigenvalue weighted by molar-refractivity contribution is 0.291. The number of methoxy groups -OCH3 is 1. The minimum Gasteiger partial charge on any atom is -0.497 e. The average Bonchev–Trinajstić information content (AvgIpc) is 2.72. The van der Waals surface area contributed by atoms with Crippen LogP contribution in [0.2, 0.25) is 0 Å². The van der Waals surface area contributed by atoms with E-state index in [4.69, 9.17) is 9.47 Å². The predicted octanol–water partition coefficient (Wildman–Crippen LogP) is 5.19. The molecule has 0 aliphatic heterocycles. The summed E-state index contributed by atoms with van der Waals surface area (Å²) < 4.78 is 11.2. The predicted molar refractivity (Wildman–Crippen MR) is 107 cm³/mol. The molecule has 0 saturated carbocycles. The van der Waals surface area contributed by atoms with Gasteiger partial charge >= 0.3 is 0 Å². The number of hydrogen-bond acceptors (Lipinski definition) is 4. The fraction of sp³-hybridized carbons (Fsp3) is 0.130. The van der Waals surface area contributed by atoms with Crippen molar-refractivity contribution in [2.75, 3.05) is 7.11 Å². The Morgan fingerprint density at radius 1 is 0.926 bits per heavy atom. The van der Waals surface area contributed by atoms with Crippen LogP contribution in [0.1, 0.15) is 11.1 Å². The maximum absolute atomic E-state index is 5.89. The lowest BCUT2D eigenvalue weighted by Crippen LogP contribution is -1.99. The zero-order chi connectivity index (χ0) is 18.6. The van der Waals surface area contributed by atoms with Crippen LogP contribution in [0.4, 0.5) is 0 Å². The second-order valence-corrected chi connectivity index (χ2v) is 6.36. The highest BCUT2D eigenvalue weighted by Crippen LogP contribution is 2.31. The quantitative estimate of drug-likeness (QED) is 0.493. The van der Waals surface area contributed by atoms with Gasteiger partial charge in [-0.25, -0.2) is 4.98 Å². The number of aromatic nitrogens is 2. The van der Waals surface area contributed by atoms with E-state index in [0.717, 1.165) is 38.9 Å². The van der Waals surface area contributed by atoms with Crippen LogP contribution in [0.3, 0.4) is 0 Å². The van der Waals surface area contributed by atoms with Crippen LogP contribution in [0.15, 0.2) is 73.1 Å². The maximum Gasteiger partial charge on any atom is 0.216 e. The highest BCUT2D eigenvalue weighted by molar-refractivity contribution is 5.94. The molecule has 4 aromatic rings. The molecule has 0 fully saturated rings. The number of benzene rings is 2. The van der Waals surface area contributed by atoms with E-state index >= 15 is 0 Å². The molecule has 0 spiro atoms. The van der Waals surface area contributed by atoms with E-state index in [0.29, 0.717) is 12.5 Å². The first-order chi connectivity index (χ1) is 13.2. The zero-order valence-electron chi connectivity index (χ0n) is 15.3. The van der Waals surface area contributed by atoms with Crippen LogP contribution >= 0.6 is 0 Å². The second kappa shape index (κ2) is 7.46. The van der Waals surface area contributed by atoms with Crippen molar-refractivity contribution in [3.63, 3.8) is 0 Å². The van der Waals surface area contributed by atoms with Crippen molar-refractivity contribution >= 4 is 10.9 Å². The fourth-order valence-electron chi connectivity index (χ4n) is 3.09. The lowest BCUT2D eigenvalue weighted by atomic mass is 10.0. The molecular formula is C23H20N2O2. The van der Waals surface area contributed by atoms with E-state index in [2.05, 4.69) is 16.0 Å². The molecule has 0 saturated heterocycles.